The average molecular weight is 350 g/mol. The fourth-order valence-electron chi connectivity index (χ4n) is 4.75. The van der Waals surface area contributed by atoms with Gasteiger partial charge in [-0.3, -0.25) is 4.79 Å². The lowest BCUT2D eigenvalue weighted by Crippen LogP contribution is -2.46. The Morgan fingerprint density at radius 1 is 1.42 bits per heavy atom. The molecule has 1 saturated heterocycles. The molecular formula is C13H20BrNO3S. The van der Waals surface area contributed by atoms with Crippen LogP contribution in [0.25, 0.3) is 0 Å². The molecule has 0 aromatic rings. The van der Waals surface area contributed by atoms with Crippen LogP contribution in [0.1, 0.15) is 40.0 Å². The molecule has 1 spiro atoms. The zero-order valence-corrected chi connectivity index (χ0v) is 13.9. The summed E-state index contributed by atoms with van der Waals surface area (Å²) >= 11 is 3.22. The van der Waals surface area contributed by atoms with E-state index in [4.69, 9.17) is 0 Å². The van der Waals surface area contributed by atoms with Gasteiger partial charge in [-0.05, 0) is 37.5 Å². The highest BCUT2D eigenvalue weighted by Crippen LogP contribution is 2.70. The van der Waals surface area contributed by atoms with Crippen molar-refractivity contribution in [1.82, 2.24) is 4.31 Å². The lowest BCUT2D eigenvalue weighted by Gasteiger charge is -2.37. The Morgan fingerprint density at radius 2 is 2.05 bits per heavy atom. The monoisotopic (exact) mass is 349 g/mol. The number of carbonyl (C=O) groups is 1. The van der Waals surface area contributed by atoms with E-state index in [0.717, 1.165) is 19.3 Å². The zero-order chi connectivity index (χ0) is 14.2. The number of nitrogens with zero attached hydrogens (tertiary/aromatic N) is 1. The normalized spacial score (nSPS) is 43.3. The smallest absolute Gasteiger partial charge is 0.249 e. The molecule has 3 rings (SSSR count). The maximum Gasteiger partial charge on any atom is 0.249 e. The highest BCUT2D eigenvalue weighted by atomic mass is 79.9. The third-order valence-corrected chi connectivity index (χ3v) is 8.27. The number of sulfonamides is 1. The molecule has 6 heteroatoms. The molecule has 2 aliphatic carbocycles. The van der Waals surface area contributed by atoms with E-state index in [0.29, 0.717) is 5.92 Å². The number of amides is 1. The molecule has 4 nitrogen and oxygen atoms in total. The maximum absolute atomic E-state index is 12.5. The molecule has 2 saturated carbocycles. The Morgan fingerprint density at radius 3 is 2.58 bits per heavy atom. The van der Waals surface area contributed by atoms with Gasteiger partial charge in [0.1, 0.15) is 0 Å². The summed E-state index contributed by atoms with van der Waals surface area (Å²) in [6, 6.07) is -0.112. The third kappa shape index (κ3) is 1.50. The molecule has 1 aliphatic heterocycles. The summed E-state index contributed by atoms with van der Waals surface area (Å²) < 4.78 is 26.2. The largest absolute Gasteiger partial charge is 0.273 e. The van der Waals surface area contributed by atoms with Crippen LogP contribution >= 0.6 is 15.9 Å². The molecule has 4 atom stereocenters. The van der Waals surface area contributed by atoms with E-state index in [-0.39, 0.29) is 28.5 Å². The molecule has 0 unspecified atom stereocenters. The highest BCUT2D eigenvalue weighted by Gasteiger charge is 2.72. The van der Waals surface area contributed by atoms with Gasteiger partial charge in [0.2, 0.25) is 15.9 Å². The minimum Gasteiger partial charge on any atom is -0.273 e. The number of alkyl halides is 1. The van der Waals surface area contributed by atoms with Gasteiger partial charge < -0.3 is 0 Å². The van der Waals surface area contributed by atoms with Crippen molar-refractivity contribution in [1.29, 1.82) is 0 Å². The van der Waals surface area contributed by atoms with Gasteiger partial charge in [0, 0.05) is 5.41 Å². The van der Waals surface area contributed by atoms with Gasteiger partial charge >= 0.3 is 0 Å². The van der Waals surface area contributed by atoms with Crippen LogP contribution in [-0.4, -0.2) is 35.3 Å². The molecule has 0 radical (unpaired) electrons. The maximum atomic E-state index is 12.5. The van der Waals surface area contributed by atoms with Crippen molar-refractivity contribution in [2.75, 3.05) is 5.75 Å². The van der Waals surface area contributed by atoms with Crippen LogP contribution in [0.15, 0.2) is 0 Å². The Balaban J connectivity index is 2.09. The molecule has 0 aromatic carbocycles. The Labute approximate surface area is 123 Å². The molecule has 1 heterocycles. The number of fused-ring (bicyclic) bond motifs is 1. The summed E-state index contributed by atoms with van der Waals surface area (Å²) in [5, 5.41) is 0. The van der Waals surface area contributed by atoms with Crippen molar-refractivity contribution in [3.63, 3.8) is 0 Å². The summed E-state index contributed by atoms with van der Waals surface area (Å²) in [7, 11) is -3.45. The first-order chi connectivity index (χ1) is 8.63. The van der Waals surface area contributed by atoms with Crippen LogP contribution in [0, 0.1) is 16.7 Å². The topological polar surface area (TPSA) is 54.5 Å². The first kappa shape index (κ1) is 13.9. The SMILES string of the molecule is C[C@H](Br)C(=O)N1[C@H]2C[C@@H]3CC[C@]2(CS1(=O)=O)C3(C)C. The van der Waals surface area contributed by atoms with Gasteiger partial charge in [-0.1, -0.05) is 29.8 Å². The van der Waals surface area contributed by atoms with E-state index >= 15 is 0 Å². The number of halogens is 1. The van der Waals surface area contributed by atoms with E-state index in [1.807, 2.05) is 0 Å². The lowest BCUT2D eigenvalue weighted by molar-refractivity contribution is -0.128. The van der Waals surface area contributed by atoms with Crippen LogP contribution in [0.4, 0.5) is 0 Å². The predicted octanol–water partition coefficient (Wildman–Crippen LogP) is 2.14. The molecule has 0 aromatic heterocycles. The van der Waals surface area contributed by atoms with Crippen molar-refractivity contribution >= 4 is 31.9 Å². The molecule has 19 heavy (non-hydrogen) atoms. The summed E-state index contributed by atoms with van der Waals surface area (Å²) in [6.07, 6.45) is 2.89. The van der Waals surface area contributed by atoms with Gasteiger partial charge in [-0.25, -0.2) is 12.7 Å². The fraction of sp³-hybridized carbons (Fsp3) is 0.923. The second-order valence-electron chi connectivity index (χ2n) is 6.87. The minimum absolute atomic E-state index is 0.0231. The van der Waals surface area contributed by atoms with Crippen molar-refractivity contribution < 1.29 is 13.2 Å². The summed E-state index contributed by atoms with van der Waals surface area (Å²) in [6.45, 7) is 6.07. The fourth-order valence-corrected chi connectivity index (χ4v) is 7.72. The Kier molecular flexibility index (Phi) is 2.74. The average Bonchev–Trinajstić information content (AvgIpc) is 2.74. The van der Waals surface area contributed by atoms with E-state index in [1.54, 1.807) is 6.92 Å². The van der Waals surface area contributed by atoms with Crippen molar-refractivity contribution in [3.05, 3.63) is 0 Å². The summed E-state index contributed by atoms with van der Waals surface area (Å²) in [4.78, 5) is 11.8. The second-order valence-corrected chi connectivity index (χ2v) is 10.1. The molecular weight excluding hydrogens is 330 g/mol. The van der Waals surface area contributed by atoms with Gasteiger partial charge in [-0.15, -0.1) is 0 Å². The molecule has 108 valence electrons. The van der Waals surface area contributed by atoms with Crippen molar-refractivity contribution in [2.45, 2.75) is 50.9 Å². The zero-order valence-electron chi connectivity index (χ0n) is 11.5. The number of rotatable bonds is 1. The van der Waals surface area contributed by atoms with E-state index in [9.17, 15) is 13.2 Å². The highest BCUT2D eigenvalue weighted by molar-refractivity contribution is 9.10. The van der Waals surface area contributed by atoms with Gasteiger partial charge in [0.25, 0.3) is 0 Å². The number of hydrogen-bond donors (Lipinski definition) is 0. The lowest BCUT2D eigenvalue weighted by atomic mass is 9.69. The Bertz CT molecular complexity index is 542. The number of hydrogen-bond acceptors (Lipinski definition) is 3. The quantitative estimate of drug-likeness (QED) is 0.681. The van der Waals surface area contributed by atoms with Crippen LogP contribution in [0.3, 0.4) is 0 Å². The van der Waals surface area contributed by atoms with Crippen LogP contribution in [-0.2, 0) is 14.8 Å². The molecule has 3 aliphatic rings. The third-order valence-electron chi connectivity index (χ3n) is 5.97. The summed E-state index contributed by atoms with van der Waals surface area (Å²) in [5.74, 6) is 0.402. The van der Waals surface area contributed by atoms with E-state index in [2.05, 4.69) is 29.8 Å². The predicted molar refractivity (Wildman–Crippen MR) is 76.4 cm³/mol. The van der Waals surface area contributed by atoms with Crippen molar-refractivity contribution in [2.24, 2.45) is 16.7 Å². The molecule has 0 N–H and O–H groups in total. The van der Waals surface area contributed by atoms with Gasteiger partial charge in [0.15, 0.2) is 0 Å². The van der Waals surface area contributed by atoms with Crippen LogP contribution < -0.4 is 0 Å². The van der Waals surface area contributed by atoms with Crippen LogP contribution in [0.2, 0.25) is 0 Å². The molecule has 1 amide bonds. The Hall–Kier alpha value is -0.100. The standard InChI is InChI=1S/C13H20BrNO3S/c1-8(14)11(16)15-10-6-9-4-5-13(10,12(9,2)3)7-19(15,17)18/h8-10H,4-7H2,1-3H3/t8-,9-,10-,13+/m0/s1. The van der Waals surface area contributed by atoms with Crippen LogP contribution in [0.5, 0.6) is 0 Å². The van der Waals surface area contributed by atoms with E-state index < -0.39 is 14.9 Å². The first-order valence-corrected chi connectivity index (χ1v) is 9.36. The first-order valence-electron chi connectivity index (χ1n) is 6.83. The van der Waals surface area contributed by atoms with Crippen molar-refractivity contribution in [3.8, 4) is 0 Å². The van der Waals surface area contributed by atoms with Gasteiger partial charge in [-0.2, -0.15) is 0 Å². The molecule has 3 fully saturated rings. The van der Waals surface area contributed by atoms with E-state index in [1.165, 1.54) is 4.31 Å². The second kappa shape index (κ2) is 3.75. The minimum atomic E-state index is -3.45. The summed E-state index contributed by atoms with van der Waals surface area (Å²) in [5.41, 5.74) is -0.191. The van der Waals surface area contributed by atoms with Gasteiger partial charge in [0.05, 0.1) is 16.6 Å². The molecule has 2 bridgehead atoms. The number of carbonyl (C=O) groups excluding carboxylic acids is 1.